The molecule has 2 aliphatic heterocycles. The lowest BCUT2D eigenvalue weighted by Gasteiger charge is -2.43. The van der Waals surface area contributed by atoms with E-state index >= 15 is 0 Å². The predicted octanol–water partition coefficient (Wildman–Crippen LogP) is 1.40. The molecule has 2 fully saturated rings. The summed E-state index contributed by atoms with van der Waals surface area (Å²) in [6.45, 7) is 6.99. The van der Waals surface area contributed by atoms with Crippen LogP contribution in [0.15, 0.2) is 0 Å². The van der Waals surface area contributed by atoms with E-state index in [9.17, 15) is 4.79 Å². The van der Waals surface area contributed by atoms with E-state index in [1.807, 2.05) is 18.7 Å². The minimum absolute atomic E-state index is 0.0854. The average Bonchev–Trinajstić information content (AvgIpc) is 2.30. The number of carbonyl (C=O) groups excluding carboxylic acids is 1. The van der Waals surface area contributed by atoms with Gasteiger partial charge in [0.2, 0.25) is 5.91 Å². The van der Waals surface area contributed by atoms with Crippen molar-refractivity contribution in [3.8, 4) is 0 Å². The Labute approximate surface area is 96.9 Å². The molecule has 0 aromatic heterocycles. The molecule has 1 spiro atoms. The molecule has 16 heavy (non-hydrogen) atoms. The van der Waals surface area contributed by atoms with Gasteiger partial charge in [0.15, 0.2) is 5.79 Å². The average molecular weight is 227 g/mol. The molecule has 2 rings (SSSR count). The smallest absolute Gasteiger partial charge is 0.225 e. The minimum Gasteiger partial charge on any atom is -0.350 e. The third-order valence-electron chi connectivity index (χ3n) is 3.35. The Hall–Kier alpha value is -0.610. The molecule has 2 heterocycles. The van der Waals surface area contributed by atoms with Gasteiger partial charge in [0.1, 0.15) is 0 Å². The molecule has 0 radical (unpaired) electrons. The molecule has 92 valence electrons. The molecule has 0 bridgehead atoms. The first-order chi connectivity index (χ1) is 7.63. The van der Waals surface area contributed by atoms with Gasteiger partial charge in [-0.25, -0.2) is 0 Å². The SMILES string of the molecule is CC(C)C(=O)N1CCC2(CC1)OCCCO2. The van der Waals surface area contributed by atoms with Crippen molar-refractivity contribution in [2.45, 2.75) is 38.9 Å². The fourth-order valence-electron chi connectivity index (χ4n) is 2.34. The standard InChI is InChI=1S/C12H21NO3/c1-10(2)11(14)13-6-4-12(5-7-13)15-8-3-9-16-12/h10H,3-9H2,1-2H3. The van der Waals surface area contributed by atoms with Crippen LogP contribution in [0.5, 0.6) is 0 Å². The van der Waals surface area contributed by atoms with Gasteiger partial charge in [0, 0.05) is 31.8 Å². The summed E-state index contributed by atoms with van der Waals surface area (Å²) >= 11 is 0. The largest absolute Gasteiger partial charge is 0.350 e. The summed E-state index contributed by atoms with van der Waals surface area (Å²) in [7, 11) is 0. The third-order valence-corrected chi connectivity index (χ3v) is 3.35. The lowest BCUT2D eigenvalue weighted by atomic mass is 10.0. The Morgan fingerprint density at radius 3 is 2.25 bits per heavy atom. The summed E-state index contributed by atoms with van der Waals surface area (Å²) in [5.41, 5.74) is 0. The zero-order valence-corrected chi connectivity index (χ0v) is 10.2. The van der Waals surface area contributed by atoms with Crippen molar-refractivity contribution in [2.24, 2.45) is 5.92 Å². The number of likely N-dealkylation sites (tertiary alicyclic amines) is 1. The summed E-state index contributed by atoms with van der Waals surface area (Å²) in [5.74, 6) is -0.0562. The van der Waals surface area contributed by atoms with Crippen LogP contribution in [-0.2, 0) is 14.3 Å². The first-order valence-electron chi connectivity index (χ1n) is 6.20. The lowest BCUT2D eigenvalue weighted by molar-refractivity contribution is -0.282. The van der Waals surface area contributed by atoms with Crippen LogP contribution in [0.25, 0.3) is 0 Å². The Kier molecular flexibility index (Phi) is 3.50. The van der Waals surface area contributed by atoms with Crippen LogP contribution in [-0.4, -0.2) is 42.9 Å². The van der Waals surface area contributed by atoms with Crippen LogP contribution in [0.3, 0.4) is 0 Å². The molecule has 2 aliphatic rings. The second-order valence-electron chi connectivity index (χ2n) is 4.94. The van der Waals surface area contributed by atoms with Gasteiger partial charge in [-0.05, 0) is 6.42 Å². The van der Waals surface area contributed by atoms with Crippen LogP contribution in [0.2, 0.25) is 0 Å². The number of carbonyl (C=O) groups is 1. The Balaban J connectivity index is 1.88. The van der Waals surface area contributed by atoms with Crippen molar-refractivity contribution >= 4 is 5.91 Å². The van der Waals surface area contributed by atoms with E-state index in [0.29, 0.717) is 0 Å². The molecule has 0 unspecified atom stereocenters. The zero-order valence-electron chi connectivity index (χ0n) is 10.2. The number of nitrogens with zero attached hydrogens (tertiary/aromatic N) is 1. The number of hydrogen-bond donors (Lipinski definition) is 0. The van der Waals surface area contributed by atoms with Crippen LogP contribution in [0.1, 0.15) is 33.1 Å². The normalized spacial score (nSPS) is 25.1. The quantitative estimate of drug-likeness (QED) is 0.679. The van der Waals surface area contributed by atoms with Crippen molar-refractivity contribution in [2.75, 3.05) is 26.3 Å². The van der Waals surface area contributed by atoms with E-state index in [2.05, 4.69) is 0 Å². The van der Waals surface area contributed by atoms with Crippen molar-refractivity contribution in [1.29, 1.82) is 0 Å². The molecule has 2 saturated heterocycles. The molecule has 4 nitrogen and oxygen atoms in total. The van der Waals surface area contributed by atoms with Crippen LogP contribution < -0.4 is 0 Å². The molecule has 0 aliphatic carbocycles. The summed E-state index contributed by atoms with van der Waals surface area (Å²) < 4.78 is 11.5. The predicted molar refractivity (Wildman–Crippen MR) is 59.9 cm³/mol. The molecule has 0 N–H and O–H groups in total. The third kappa shape index (κ3) is 2.38. The first-order valence-corrected chi connectivity index (χ1v) is 6.20. The molecular weight excluding hydrogens is 206 g/mol. The summed E-state index contributed by atoms with van der Waals surface area (Å²) in [6, 6.07) is 0. The number of hydrogen-bond acceptors (Lipinski definition) is 3. The maximum absolute atomic E-state index is 11.8. The number of ether oxygens (including phenoxy) is 2. The van der Waals surface area contributed by atoms with E-state index < -0.39 is 0 Å². The van der Waals surface area contributed by atoms with E-state index in [4.69, 9.17) is 9.47 Å². The Bertz CT molecular complexity index is 249. The van der Waals surface area contributed by atoms with Crippen LogP contribution in [0, 0.1) is 5.92 Å². The maximum atomic E-state index is 11.8. The monoisotopic (exact) mass is 227 g/mol. The van der Waals surface area contributed by atoms with Gasteiger partial charge in [-0.3, -0.25) is 4.79 Å². The zero-order chi connectivity index (χ0) is 11.6. The highest BCUT2D eigenvalue weighted by Gasteiger charge is 2.39. The van der Waals surface area contributed by atoms with Gasteiger partial charge < -0.3 is 14.4 Å². The molecule has 0 saturated carbocycles. The molecule has 0 aromatic carbocycles. The highest BCUT2D eigenvalue weighted by atomic mass is 16.7. The fourth-order valence-corrected chi connectivity index (χ4v) is 2.34. The minimum atomic E-state index is -0.383. The van der Waals surface area contributed by atoms with Gasteiger partial charge in [0.05, 0.1) is 13.2 Å². The first kappa shape index (κ1) is 11.9. The highest BCUT2D eigenvalue weighted by Crippen LogP contribution is 2.31. The van der Waals surface area contributed by atoms with Gasteiger partial charge in [-0.15, -0.1) is 0 Å². The lowest BCUT2D eigenvalue weighted by Crippen LogP contribution is -2.52. The molecule has 0 aromatic rings. The van der Waals surface area contributed by atoms with Crippen LogP contribution >= 0.6 is 0 Å². The van der Waals surface area contributed by atoms with E-state index in [-0.39, 0.29) is 17.6 Å². The van der Waals surface area contributed by atoms with Crippen molar-refractivity contribution < 1.29 is 14.3 Å². The van der Waals surface area contributed by atoms with Gasteiger partial charge in [0.25, 0.3) is 0 Å². The number of piperidine rings is 1. The van der Waals surface area contributed by atoms with Crippen molar-refractivity contribution in [3.63, 3.8) is 0 Å². The van der Waals surface area contributed by atoms with Gasteiger partial charge in [-0.1, -0.05) is 13.8 Å². The topological polar surface area (TPSA) is 38.8 Å². The van der Waals surface area contributed by atoms with E-state index in [1.165, 1.54) is 0 Å². The molecule has 4 heteroatoms. The Morgan fingerprint density at radius 1 is 1.19 bits per heavy atom. The molecular formula is C12H21NO3. The second-order valence-corrected chi connectivity index (χ2v) is 4.94. The number of amides is 1. The summed E-state index contributed by atoms with van der Waals surface area (Å²) in [4.78, 5) is 13.7. The fraction of sp³-hybridized carbons (Fsp3) is 0.917. The molecule has 0 atom stereocenters. The van der Waals surface area contributed by atoms with Crippen molar-refractivity contribution in [3.05, 3.63) is 0 Å². The summed E-state index contributed by atoms with van der Waals surface area (Å²) in [5, 5.41) is 0. The van der Waals surface area contributed by atoms with Gasteiger partial charge >= 0.3 is 0 Å². The maximum Gasteiger partial charge on any atom is 0.225 e. The van der Waals surface area contributed by atoms with E-state index in [1.54, 1.807) is 0 Å². The number of rotatable bonds is 1. The Morgan fingerprint density at radius 2 is 1.75 bits per heavy atom. The highest BCUT2D eigenvalue weighted by molar-refractivity contribution is 5.78. The van der Waals surface area contributed by atoms with Crippen molar-refractivity contribution in [1.82, 2.24) is 4.90 Å². The van der Waals surface area contributed by atoms with Crippen LogP contribution in [0.4, 0.5) is 0 Å². The molecule has 1 amide bonds. The van der Waals surface area contributed by atoms with Gasteiger partial charge in [-0.2, -0.15) is 0 Å². The second kappa shape index (κ2) is 4.72. The van der Waals surface area contributed by atoms with E-state index in [0.717, 1.165) is 45.6 Å². The summed E-state index contributed by atoms with van der Waals surface area (Å²) in [6.07, 6.45) is 2.60.